The van der Waals surface area contributed by atoms with Gasteiger partial charge in [-0.3, -0.25) is 0 Å². The van der Waals surface area contributed by atoms with Crippen molar-refractivity contribution in [2.24, 2.45) is 0 Å². The van der Waals surface area contributed by atoms with Gasteiger partial charge in [0.25, 0.3) is 0 Å². The molecule has 0 saturated heterocycles. The van der Waals surface area contributed by atoms with Crippen molar-refractivity contribution in [2.75, 3.05) is 5.73 Å². The minimum absolute atomic E-state index is 0.428. The maximum Gasteiger partial charge on any atom is 0.123 e. The van der Waals surface area contributed by atoms with Crippen molar-refractivity contribution in [1.29, 1.82) is 0 Å². The van der Waals surface area contributed by atoms with E-state index in [1.165, 1.54) is 5.56 Å². The molecule has 1 atom stereocenters. The molecule has 0 spiro atoms. The summed E-state index contributed by atoms with van der Waals surface area (Å²) >= 11 is 0. The molecule has 0 radical (unpaired) electrons. The van der Waals surface area contributed by atoms with E-state index in [1.807, 2.05) is 31.2 Å². The topological polar surface area (TPSA) is 59.1 Å². The van der Waals surface area contributed by atoms with Crippen LogP contribution in [-0.2, 0) is 12.0 Å². The van der Waals surface area contributed by atoms with Gasteiger partial charge in [-0.2, -0.15) is 0 Å². The molecular formula is C15H18N2O. The van der Waals surface area contributed by atoms with Crippen LogP contribution < -0.4 is 5.73 Å². The summed E-state index contributed by atoms with van der Waals surface area (Å²) in [4.78, 5) is 3.94. The Morgan fingerprint density at radius 2 is 2.00 bits per heavy atom. The number of nitrogens with zero attached hydrogens (tertiary/aromatic N) is 1. The van der Waals surface area contributed by atoms with Crippen molar-refractivity contribution in [3.05, 3.63) is 59.3 Å². The molecule has 0 bridgehead atoms. The van der Waals surface area contributed by atoms with E-state index >= 15 is 0 Å². The molecule has 3 N–H and O–H groups in total. The number of nitrogens with two attached hydrogens (primary N) is 1. The third-order valence-electron chi connectivity index (χ3n) is 3.20. The summed E-state index contributed by atoms with van der Waals surface area (Å²) in [6, 6.07) is 11.6. The summed E-state index contributed by atoms with van der Waals surface area (Å²) < 4.78 is 0. The highest BCUT2D eigenvalue weighted by Crippen LogP contribution is 2.27. The molecule has 3 nitrogen and oxygen atoms in total. The number of aryl methyl sites for hydroxylation is 1. The van der Waals surface area contributed by atoms with Crippen LogP contribution in [0, 0.1) is 6.92 Å². The van der Waals surface area contributed by atoms with Gasteiger partial charge in [0.2, 0.25) is 0 Å². The van der Waals surface area contributed by atoms with Crippen molar-refractivity contribution in [3.8, 4) is 0 Å². The highest BCUT2D eigenvalue weighted by atomic mass is 16.3. The molecule has 1 aromatic carbocycles. The second-order valence-electron chi connectivity index (χ2n) is 4.85. The molecule has 94 valence electrons. The van der Waals surface area contributed by atoms with Gasteiger partial charge in [-0.25, -0.2) is 4.98 Å². The van der Waals surface area contributed by atoms with Crippen LogP contribution in [0.1, 0.15) is 23.6 Å². The first-order valence-corrected chi connectivity index (χ1v) is 5.98. The summed E-state index contributed by atoms with van der Waals surface area (Å²) in [6.45, 7) is 3.85. The van der Waals surface area contributed by atoms with E-state index in [0.29, 0.717) is 12.2 Å². The SMILES string of the molecule is Cc1ccccc1CC(C)(O)c1ccnc(N)c1. The summed E-state index contributed by atoms with van der Waals surface area (Å²) in [5.41, 5.74) is 7.82. The lowest BCUT2D eigenvalue weighted by atomic mass is 9.88. The van der Waals surface area contributed by atoms with E-state index in [-0.39, 0.29) is 0 Å². The Morgan fingerprint density at radius 1 is 1.28 bits per heavy atom. The first-order chi connectivity index (χ1) is 8.49. The predicted molar refractivity (Wildman–Crippen MR) is 73.1 cm³/mol. The maximum absolute atomic E-state index is 10.6. The van der Waals surface area contributed by atoms with Crippen molar-refractivity contribution < 1.29 is 5.11 Å². The number of hydrogen-bond acceptors (Lipinski definition) is 3. The fourth-order valence-corrected chi connectivity index (χ4v) is 2.06. The Labute approximate surface area is 107 Å². The highest BCUT2D eigenvalue weighted by molar-refractivity contribution is 5.36. The van der Waals surface area contributed by atoms with E-state index in [4.69, 9.17) is 5.73 Å². The standard InChI is InChI=1S/C15H18N2O/c1-11-5-3-4-6-12(11)10-15(2,18)13-7-8-17-14(16)9-13/h3-9,18H,10H2,1-2H3,(H2,16,17). The average molecular weight is 242 g/mol. The van der Waals surface area contributed by atoms with Gasteiger partial charge in [0.1, 0.15) is 5.82 Å². The zero-order valence-electron chi connectivity index (χ0n) is 10.7. The van der Waals surface area contributed by atoms with E-state index < -0.39 is 5.60 Å². The normalized spacial score (nSPS) is 14.2. The number of pyridine rings is 1. The second kappa shape index (κ2) is 4.78. The Hall–Kier alpha value is -1.87. The van der Waals surface area contributed by atoms with E-state index in [1.54, 1.807) is 25.3 Å². The lowest BCUT2D eigenvalue weighted by molar-refractivity contribution is 0.0574. The number of anilines is 1. The Bertz CT molecular complexity index is 550. The minimum atomic E-state index is -0.941. The minimum Gasteiger partial charge on any atom is -0.385 e. The molecule has 1 heterocycles. The van der Waals surface area contributed by atoms with Crippen LogP contribution in [0.25, 0.3) is 0 Å². The van der Waals surface area contributed by atoms with Crippen LogP contribution in [0.5, 0.6) is 0 Å². The van der Waals surface area contributed by atoms with Crippen LogP contribution in [-0.4, -0.2) is 10.1 Å². The smallest absolute Gasteiger partial charge is 0.123 e. The Kier molecular flexibility index (Phi) is 3.34. The quantitative estimate of drug-likeness (QED) is 0.869. The monoisotopic (exact) mass is 242 g/mol. The van der Waals surface area contributed by atoms with Gasteiger partial charge < -0.3 is 10.8 Å². The fraction of sp³-hybridized carbons (Fsp3) is 0.267. The average Bonchev–Trinajstić information content (AvgIpc) is 2.32. The Morgan fingerprint density at radius 3 is 2.67 bits per heavy atom. The molecule has 3 heteroatoms. The molecule has 0 aliphatic rings. The zero-order chi connectivity index (χ0) is 13.2. The van der Waals surface area contributed by atoms with Gasteiger partial charge in [0.15, 0.2) is 0 Å². The number of hydrogen-bond donors (Lipinski definition) is 2. The van der Waals surface area contributed by atoms with Crippen LogP contribution >= 0.6 is 0 Å². The number of aromatic nitrogens is 1. The maximum atomic E-state index is 10.6. The summed E-state index contributed by atoms with van der Waals surface area (Å²) in [7, 11) is 0. The first-order valence-electron chi connectivity index (χ1n) is 5.98. The third-order valence-corrected chi connectivity index (χ3v) is 3.20. The van der Waals surface area contributed by atoms with Gasteiger partial charge in [-0.15, -0.1) is 0 Å². The fourth-order valence-electron chi connectivity index (χ4n) is 2.06. The van der Waals surface area contributed by atoms with Gasteiger partial charge in [0.05, 0.1) is 5.60 Å². The molecule has 1 unspecified atom stereocenters. The molecular weight excluding hydrogens is 224 g/mol. The molecule has 0 amide bonds. The molecule has 0 aliphatic heterocycles. The van der Waals surface area contributed by atoms with Crippen molar-refractivity contribution in [2.45, 2.75) is 25.9 Å². The second-order valence-corrected chi connectivity index (χ2v) is 4.85. The lowest BCUT2D eigenvalue weighted by Crippen LogP contribution is -2.25. The van der Waals surface area contributed by atoms with Crippen LogP contribution in [0.3, 0.4) is 0 Å². The highest BCUT2D eigenvalue weighted by Gasteiger charge is 2.24. The number of aliphatic hydroxyl groups is 1. The van der Waals surface area contributed by atoms with E-state index in [2.05, 4.69) is 4.98 Å². The predicted octanol–water partition coefficient (Wildman–Crippen LogP) is 2.42. The Balaban J connectivity index is 2.30. The molecule has 2 rings (SSSR count). The van der Waals surface area contributed by atoms with Crippen LogP contribution in [0.2, 0.25) is 0 Å². The van der Waals surface area contributed by atoms with Gasteiger partial charge in [-0.05, 0) is 42.7 Å². The first kappa shape index (κ1) is 12.6. The van der Waals surface area contributed by atoms with E-state index in [9.17, 15) is 5.11 Å². The number of nitrogen functional groups attached to an aromatic ring is 1. The van der Waals surface area contributed by atoms with E-state index in [0.717, 1.165) is 11.1 Å². The molecule has 0 saturated carbocycles. The van der Waals surface area contributed by atoms with Crippen LogP contribution in [0.4, 0.5) is 5.82 Å². The molecule has 2 aromatic rings. The zero-order valence-corrected chi connectivity index (χ0v) is 10.7. The summed E-state index contributed by atoms with van der Waals surface area (Å²) in [5, 5.41) is 10.6. The van der Waals surface area contributed by atoms with Crippen molar-refractivity contribution >= 4 is 5.82 Å². The largest absolute Gasteiger partial charge is 0.385 e. The molecule has 18 heavy (non-hydrogen) atoms. The molecule has 0 fully saturated rings. The van der Waals surface area contributed by atoms with Gasteiger partial charge in [0, 0.05) is 12.6 Å². The number of benzene rings is 1. The lowest BCUT2D eigenvalue weighted by Gasteiger charge is -2.25. The number of rotatable bonds is 3. The summed E-state index contributed by atoms with van der Waals surface area (Å²) in [6.07, 6.45) is 2.18. The van der Waals surface area contributed by atoms with Crippen molar-refractivity contribution in [3.63, 3.8) is 0 Å². The van der Waals surface area contributed by atoms with Crippen LogP contribution in [0.15, 0.2) is 42.6 Å². The molecule has 1 aromatic heterocycles. The van der Waals surface area contributed by atoms with Gasteiger partial charge in [-0.1, -0.05) is 24.3 Å². The molecule has 0 aliphatic carbocycles. The third kappa shape index (κ3) is 2.68. The summed E-state index contributed by atoms with van der Waals surface area (Å²) in [5.74, 6) is 0.428. The van der Waals surface area contributed by atoms with Gasteiger partial charge >= 0.3 is 0 Å². The van der Waals surface area contributed by atoms with Crippen molar-refractivity contribution in [1.82, 2.24) is 4.98 Å².